The molecule has 1 fully saturated rings. The molecule has 148 valence electrons. The molecule has 3 aromatic rings. The second kappa shape index (κ2) is 9.13. The van der Waals surface area contributed by atoms with Crippen LogP contribution in [0, 0.1) is 29.4 Å². The van der Waals surface area contributed by atoms with Gasteiger partial charge in [0.2, 0.25) is 0 Å². The number of benzene rings is 3. The summed E-state index contributed by atoms with van der Waals surface area (Å²) in [5, 5.41) is 2.03. The first-order chi connectivity index (χ1) is 14.6. The predicted octanol–water partition coefficient (Wildman–Crippen LogP) is 7.11. The Hall–Kier alpha value is -3.12. The third-order valence-electron chi connectivity index (χ3n) is 5.47. The molecule has 0 saturated heterocycles. The molecule has 0 spiro atoms. The van der Waals surface area contributed by atoms with Gasteiger partial charge in [0, 0.05) is 11.6 Å². The zero-order valence-electron chi connectivity index (χ0n) is 16.3. The lowest BCUT2D eigenvalue weighted by molar-refractivity contribution is 0.314. The number of aliphatic imine (C=N–C) groups is 1. The van der Waals surface area contributed by atoms with Crippen LogP contribution >= 0.6 is 12.2 Å². The van der Waals surface area contributed by atoms with Gasteiger partial charge in [-0.25, -0.2) is 8.78 Å². The fraction of sp³-hybridized carbons (Fsp3) is 0.192. The Morgan fingerprint density at radius 3 is 2.13 bits per heavy atom. The smallest absolute Gasteiger partial charge is 0.151 e. The van der Waals surface area contributed by atoms with E-state index in [2.05, 4.69) is 53.3 Å². The summed E-state index contributed by atoms with van der Waals surface area (Å²) in [5.41, 5.74) is 4.15. The standard InChI is InChI=1S/C26H19F2NS/c27-24-16-26(29-17-30)25(28)15-23(24)13-6-18-4-9-21(10-5-18)22-11-7-20(8-12-22)14-19-2-1-3-19/h4-5,7-12,15-16,19H,1-3,14H2. The number of hydrogen-bond donors (Lipinski definition) is 0. The summed E-state index contributed by atoms with van der Waals surface area (Å²) in [5.74, 6) is 5.09. The lowest BCUT2D eigenvalue weighted by Crippen LogP contribution is -2.13. The molecule has 0 radical (unpaired) electrons. The highest BCUT2D eigenvalue weighted by Crippen LogP contribution is 2.30. The summed E-state index contributed by atoms with van der Waals surface area (Å²) in [4.78, 5) is 3.49. The van der Waals surface area contributed by atoms with Crippen LogP contribution in [0.3, 0.4) is 0 Å². The number of rotatable bonds is 4. The van der Waals surface area contributed by atoms with Crippen molar-refractivity contribution in [2.75, 3.05) is 0 Å². The maximum absolute atomic E-state index is 14.1. The number of halogens is 2. The van der Waals surface area contributed by atoms with Crippen molar-refractivity contribution in [3.8, 4) is 23.0 Å². The molecule has 0 N–H and O–H groups in total. The zero-order valence-corrected chi connectivity index (χ0v) is 17.1. The SMILES string of the molecule is Fc1cc(N=C=S)c(F)cc1C#Cc1ccc(-c2ccc(CC3CCC3)cc2)cc1. The molecule has 0 heterocycles. The monoisotopic (exact) mass is 415 g/mol. The van der Waals surface area contributed by atoms with Crippen LogP contribution < -0.4 is 0 Å². The minimum Gasteiger partial charge on any atom is -0.206 e. The molecule has 1 aliphatic rings. The van der Waals surface area contributed by atoms with Gasteiger partial charge in [0.05, 0.1) is 10.7 Å². The van der Waals surface area contributed by atoms with E-state index in [0.29, 0.717) is 0 Å². The van der Waals surface area contributed by atoms with Gasteiger partial charge in [-0.15, -0.1) is 0 Å². The van der Waals surface area contributed by atoms with Crippen LogP contribution in [0.5, 0.6) is 0 Å². The quantitative estimate of drug-likeness (QED) is 0.251. The van der Waals surface area contributed by atoms with E-state index in [1.54, 1.807) is 0 Å². The number of thiocarbonyl (C=S) groups is 1. The van der Waals surface area contributed by atoms with Crippen LogP contribution in [0.4, 0.5) is 14.5 Å². The predicted molar refractivity (Wildman–Crippen MR) is 120 cm³/mol. The van der Waals surface area contributed by atoms with Gasteiger partial charge in [0.1, 0.15) is 11.5 Å². The molecule has 3 aromatic carbocycles. The van der Waals surface area contributed by atoms with Crippen LogP contribution in [0.25, 0.3) is 11.1 Å². The van der Waals surface area contributed by atoms with E-state index in [0.717, 1.165) is 34.7 Å². The molecule has 4 rings (SSSR count). The molecule has 0 amide bonds. The Labute approximate surface area is 180 Å². The van der Waals surface area contributed by atoms with Gasteiger partial charge >= 0.3 is 0 Å². The van der Waals surface area contributed by atoms with Crippen LogP contribution in [0.1, 0.15) is 36.0 Å². The summed E-state index contributed by atoms with van der Waals surface area (Å²) in [7, 11) is 0. The van der Waals surface area contributed by atoms with Gasteiger partial charge in [-0.3, -0.25) is 0 Å². The second-order valence-electron chi connectivity index (χ2n) is 7.51. The zero-order chi connectivity index (χ0) is 20.9. The van der Waals surface area contributed by atoms with E-state index in [9.17, 15) is 8.78 Å². The summed E-state index contributed by atoms with van der Waals surface area (Å²) in [6.45, 7) is 0. The molecule has 0 aromatic heterocycles. The van der Waals surface area contributed by atoms with Crippen molar-refractivity contribution < 1.29 is 8.78 Å². The Kier molecular flexibility index (Phi) is 6.14. The largest absolute Gasteiger partial charge is 0.206 e. The number of hydrogen-bond acceptors (Lipinski definition) is 2. The lowest BCUT2D eigenvalue weighted by Gasteiger charge is -2.25. The Morgan fingerprint density at radius 2 is 1.53 bits per heavy atom. The third-order valence-corrected chi connectivity index (χ3v) is 5.56. The normalized spacial score (nSPS) is 13.0. The van der Waals surface area contributed by atoms with Crippen molar-refractivity contribution in [1.29, 1.82) is 0 Å². The van der Waals surface area contributed by atoms with Crippen molar-refractivity contribution in [3.63, 3.8) is 0 Å². The Morgan fingerprint density at radius 1 is 0.867 bits per heavy atom. The van der Waals surface area contributed by atoms with E-state index < -0.39 is 11.6 Å². The Balaban J connectivity index is 1.48. The first-order valence-electron chi connectivity index (χ1n) is 9.91. The number of nitrogens with zero attached hydrogens (tertiary/aromatic N) is 1. The molecule has 0 bridgehead atoms. The fourth-order valence-electron chi connectivity index (χ4n) is 3.52. The van der Waals surface area contributed by atoms with E-state index in [4.69, 9.17) is 0 Å². The maximum Gasteiger partial charge on any atom is 0.151 e. The highest BCUT2D eigenvalue weighted by atomic mass is 32.1. The molecule has 0 unspecified atom stereocenters. The summed E-state index contributed by atoms with van der Waals surface area (Å²) in [6.07, 6.45) is 5.25. The van der Waals surface area contributed by atoms with Crippen LogP contribution in [0.2, 0.25) is 0 Å². The van der Waals surface area contributed by atoms with Crippen molar-refractivity contribution in [3.05, 3.63) is 89.0 Å². The summed E-state index contributed by atoms with van der Waals surface area (Å²) >= 11 is 4.43. The molecule has 1 saturated carbocycles. The fourth-order valence-corrected chi connectivity index (χ4v) is 3.61. The molecule has 1 nitrogen and oxygen atoms in total. The van der Waals surface area contributed by atoms with Crippen molar-refractivity contribution in [1.82, 2.24) is 0 Å². The molecule has 0 atom stereocenters. The van der Waals surface area contributed by atoms with Gasteiger partial charge in [0.15, 0.2) is 5.82 Å². The summed E-state index contributed by atoms with van der Waals surface area (Å²) in [6, 6.07) is 18.4. The third kappa shape index (κ3) is 4.71. The Bertz CT molecular complexity index is 1160. The molecular weight excluding hydrogens is 396 g/mol. The van der Waals surface area contributed by atoms with E-state index in [1.165, 1.54) is 31.2 Å². The van der Waals surface area contributed by atoms with Gasteiger partial charge in [-0.1, -0.05) is 67.5 Å². The second-order valence-corrected chi connectivity index (χ2v) is 7.69. The molecular formula is C26H19F2NS. The van der Waals surface area contributed by atoms with Crippen molar-refractivity contribution in [2.24, 2.45) is 10.9 Å². The van der Waals surface area contributed by atoms with Crippen LogP contribution in [-0.4, -0.2) is 5.16 Å². The van der Waals surface area contributed by atoms with E-state index in [1.807, 2.05) is 29.4 Å². The molecule has 1 aliphatic carbocycles. The topological polar surface area (TPSA) is 12.4 Å². The van der Waals surface area contributed by atoms with Gasteiger partial charge < -0.3 is 0 Å². The highest BCUT2D eigenvalue weighted by Gasteiger charge is 2.17. The average molecular weight is 416 g/mol. The lowest BCUT2D eigenvalue weighted by atomic mass is 9.81. The highest BCUT2D eigenvalue weighted by molar-refractivity contribution is 7.78. The minimum atomic E-state index is -0.686. The van der Waals surface area contributed by atoms with Gasteiger partial charge in [-0.05, 0) is 59.4 Å². The van der Waals surface area contributed by atoms with Crippen molar-refractivity contribution >= 4 is 23.1 Å². The van der Waals surface area contributed by atoms with E-state index >= 15 is 0 Å². The summed E-state index contributed by atoms with van der Waals surface area (Å²) < 4.78 is 28.0. The first-order valence-corrected chi connectivity index (χ1v) is 10.3. The van der Waals surface area contributed by atoms with E-state index in [-0.39, 0.29) is 11.3 Å². The van der Waals surface area contributed by atoms with Crippen LogP contribution in [-0.2, 0) is 6.42 Å². The first kappa shape index (κ1) is 20.2. The molecule has 4 heteroatoms. The molecule has 30 heavy (non-hydrogen) atoms. The van der Waals surface area contributed by atoms with Crippen molar-refractivity contribution in [2.45, 2.75) is 25.7 Å². The number of isothiocyanates is 1. The minimum absolute atomic E-state index is 0.0260. The van der Waals surface area contributed by atoms with Gasteiger partial charge in [0.25, 0.3) is 0 Å². The maximum atomic E-state index is 14.1. The molecule has 0 aliphatic heterocycles. The van der Waals surface area contributed by atoms with Crippen LogP contribution in [0.15, 0.2) is 65.7 Å². The average Bonchev–Trinajstić information content (AvgIpc) is 2.73. The van der Waals surface area contributed by atoms with Gasteiger partial charge in [-0.2, -0.15) is 4.99 Å².